The van der Waals surface area contributed by atoms with Crippen LogP contribution in [-0.4, -0.2) is 54.5 Å². The average Bonchev–Trinajstić information content (AvgIpc) is 2.56. The SMILES string of the molecule is CCCS(=O)(=O)N1CCN(Cc2cc3ccccc3[nH]c2=O)CC1. The Morgan fingerprint density at radius 3 is 2.54 bits per heavy atom. The Kier molecular flexibility index (Phi) is 5.03. The van der Waals surface area contributed by atoms with E-state index in [4.69, 9.17) is 0 Å². The third-order valence-corrected chi connectivity index (χ3v) is 6.49. The van der Waals surface area contributed by atoms with Gasteiger partial charge in [-0.05, 0) is 23.9 Å². The maximum atomic E-state index is 12.2. The molecule has 1 aliphatic rings. The van der Waals surface area contributed by atoms with Crippen LogP contribution in [0.5, 0.6) is 0 Å². The summed E-state index contributed by atoms with van der Waals surface area (Å²) in [6.07, 6.45) is 0.634. The largest absolute Gasteiger partial charge is 0.322 e. The zero-order valence-corrected chi connectivity index (χ0v) is 14.7. The van der Waals surface area contributed by atoms with Crippen LogP contribution in [0.25, 0.3) is 10.9 Å². The van der Waals surface area contributed by atoms with Crippen LogP contribution < -0.4 is 5.56 Å². The Balaban J connectivity index is 1.68. The highest BCUT2D eigenvalue weighted by Gasteiger charge is 2.26. The number of piperazine rings is 1. The molecule has 1 aromatic heterocycles. The first-order chi connectivity index (χ1) is 11.5. The van der Waals surface area contributed by atoms with Crippen LogP contribution in [0.15, 0.2) is 35.1 Å². The van der Waals surface area contributed by atoms with E-state index in [1.54, 1.807) is 4.31 Å². The molecule has 130 valence electrons. The zero-order valence-electron chi connectivity index (χ0n) is 13.9. The molecule has 0 unspecified atom stereocenters. The number of fused-ring (bicyclic) bond motifs is 1. The zero-order chi connectivity index (χ0) is 17.2. The summed E-state index contributed by atoms with van der Waals surface area (Å²) in [5, 5.41) is 1.01. The number of benzene rings is 1. The number of hydrogen-bond donors (Lipinski definition) is 1. The van der Waals surface area contributed by atoms with Crippen molar-refractivity contribution >= 4 is 20.9 Å². The molecular weight excluding hydrogens is 326 g/mol. The molecule has 7 heteroatoms. The lowest BCUT2D eigenvalue weighted by molar-refractivity contribution is 0.181. The summed E-state index contributed by atoms with van der Waals surface area (Å²) in [5.41, 5.74) is 1.48. The van der Waals surface area contributed by atoms with E-state index in [1.165, 1.54) is 0 Å². The molecule has 1 saturated heterocycles. The highest BCUT2D eigenvalue weighted by atomic mass is 32.2. The van der Waals surface area contributed by atoms with E-state index >= 15 is 0 Å². The molecule has 2 heterocycles. The second-order valence-electron chi connectivity index (χ2n) is 6.20. The Labute approximate surface area is 142 Å². The molecule has 0 aliphatic carbocycles. The molecule has 0 bridgehead atoms. The second kappa shape index (κ2) is 7.04. The topological polar surface area (TPSA) is 73.5 Å². The van der Waals surface area contributed by atoms with Gasteiger partial charge in [0.15, 0.2) is 0 Å². The molecule has 1 aromatic carbocycles. The van der Waals surface area contributed by atoms with Crippen LogP contribution in [0.4, 0.5) is 0 Å². The molecule has 1 aliphatic heterocycles. The summed E-state index contributed by atoms with van der Waals surface area (Å²) in [4.78, 5) is 17.3. The van der Waals surface area contributed by atoms with Crippen LogP contribution in [-0.2, 0) is 16.6 Å². The van der Waals surface area contributed by atoms with Crippen molar-refractivity contribution < 1.29 is 8.42 Å². The van der Waals surface area contributed by atoms with E-state index in [-0.39, 0.29) is 11.3 Å². The number of aromatic amines is 1. The maximum absolute atomic E-state index is 12.2. The van der Waals surface area contributed by atoms with Gasteiger partial charge in [0.1, 0.15) is 0 Å². The number of aromatic nitrogens is 1. The van der Waals surface area contributed by atoms with E-state index < -0.39 is 10.0 Å². The summed E-state index contributed by atoms with van der Waals surface area (Å²) in [6, 6.07) is 9.63. The summed E-state index contributed by atoms with van der Waals surface area (Å²) < 4.78 is 25.8. The lowest BCUT2D eigenvalue weighted by Gasteiger charge is -2.33. The van der Waals surface area contributed by atoms with Crippen LogP contribution >= 0.6 is 0 Å². The van der Waals surface area contributed by atoms with E-state index in [0.717, 1.165) is 16.5 Å². The van der Waals surface area contributed by atoms with Gasteiger partial charge in [-0.25, -0.2) is 8.42 Å². The molecule has 6 nitrogen and oxygen atoms in total. The number of H-pyrrole nitrogens is 1. The number of rotatable bonds is 5. The van der Waals surface area contributed by atoms with Crippen molar-refractivity contribution in [3.05, 3.63) is 46.2 Å². The van der Waals surface area contributed by atoms with Crippen molar-refractivity contribution in [2.75, 3.05) is 31.9 Å². The Morgan fingerprint density at radius 1 is 1.12 bits per heavy atom. The van der Waals surface area contributed by atoms with Crippen molar-refractivity contribution in [1.29, 1.82) is 0 Å². The summed E-state index contributed by atoms with van der Waals surface area (Å²) >= 11 is 0. The number of nitrogens with one attached hydrogen (secondary N) is 1. The molecular formula is C17H23N3O3S. The standard InChI is InChI=1S/C17H23N3O3S/c1-2-11-24(22,23)20-9-7-19(8-10-20)13-15-12-14-5-3-4-6-16(14)18-17(15)21/h3-6,12H,2,7-11,13H2,1H3,(H,18,21). The highest BCUT2D eigenvalue weighted by molar-refractivity contribution is 7.89. The van der Waals surface area contributed by atoms with Crippen molar-refractivity contribution in [3.63, 3.8) is 0 Å². The number of nitrogens with zero attached hydrogens (tertiary/aromatic N) is 2. The first kappa shape index (κ1) is 17.1. The van der Waals surface area contributed by atoms with Crippen molar-refractivity contribution in [1.82, 2.24) is 14.2 Å². The molecule has 3 rings (SSSR count). The fourth-order valence-electron chi connectivity index (χ4n) is 3.10. The van der Waals surface area contributed by atoms with Gasteiger partial charge < -0.3 is 4.98 Å². The number of sulfonamides is 1. The number of pyridine rings is 1. The minimum atomic E-state index is -3.13. The van der Waals surface area contributed by atoms with Crippen LogP contribution in [0, 0.1) is 0 Å². The summed E-state index contributed by atoms with van der Waals surface area (Å²) in [5.74, 6) is 0.206. The van der Waals surface area contributed by atoms with Crippen molar-refractivity contribution in [2.24, 2.45) is 0 Å². The smallest absolute Gasteiger partial charge is 0.252 e. The van der Waals surface area contributed by atoms with Crippen molar-refractivity contribution in [3.8, 4) is 0 Å². The van der Waals surface area contributed by atoms with Gasteiger partial charge >= 0.3 is 0 Å². The first-order valence-corrected chi connectivity index (χ1v) is 9.91. The van der Waals surface area contributed by atoms with Crippen LogP contribution in [0.2, 0.25) is 0 Å². The third-order valence-electron chi connectivity index (χ3n) is 4.41. The van der Waals surface area contributed by atoms with Gasteiger partial charge in [-0.1, -0.05) is 25.1 Å². The van der Waals surface area contributed by atoms with Gasteiger partial charge in [0.25, 0.3) is 5.56 Å². The molecule has 0 radical (unpaired) electrons. The van der Waals surface area contributed by atoms with E-state index in [9.17, 15) is 13.2 Å². The van der Waals surface area contributed by atoms with E-state index in [1.807, 2.05) is 37.3 Å². The molecule has 2 aromatic rings. The van der Waals surface area contributed by atoms with Gasteiger partial charge in [-0.15, -0.1) is 0 Å². The monoisotopic (exact) mass is 349 g/mol. The summed E-state index contributed by atoms with van der Waals surface area (Å²) in [6.45, 7) is 4.70. The fourth-order valence-corrected chi connectivity index (χ4v) is 4.60. The minimum absolute atomic E-state index is 0.0743. The predicted molar refractivity (Wildman–Crippen MR) is 95.5 cm³/mol. The first-order valence-electron chi connectivity index (χ1n) is 8.31. The van der Waals surface area contributed by atoms with Gasteiger partial charge in [0.05, 0.1) is 5.75 Å². The molecule has 0 saturated carbocycles. The van der Waals surface area contributed by atoms with Crippen molar-refractivity contribution in [2.45, 2.75) is 19.9 Å². The van der Waals surface area contributed by atoms with Gasteiger partial charge in [0, 0.05) is 43.8 Å². The second-order valence-corrected chi connectivity index (χ2v) is 8.29. The Bertz CT molecular complexity index is 868. The van der Waals surface area contributed by atoms with Gasteiger partial charge in [0.2, 0.25) is 10.0 Å². The normalized spacial score (nSPS) is 17.4. The number of para-hydroxylation sites is 1. The summed E-state index contributed by atoms with van der Waals surface area (Å²) in [7, 11) is -3.13. The Morgan fingerprint density at radius 2 is 1.83 bits per heavy atom. The highest BCUT2D eigenvalue weighted by Crippen LogP contribution is 2.14. The average molecular weight is 349 g/mol. The lowest BCUT2D eigenvalue weighted by atomic mass is 10.1. The predicted octanol–water partition coefficient (Wildman–Crippen LogP) is 1.39. The minimum Gasteiger partial charge on any atom is -0.322 e. The third kappa shape index (κ3) is 3.68. The molecule has 1 N–H and O–H groups in total. The van der Waals surface area contributed by atoms with Gasteiger partial charge in [-0.2, -0.15) is 4.31 Å². The van der Waals surface area contributed by atoms with E-state index in [0.29, 0.717) is 39.1 Å². The molecule has 0 amide bonds. The lowest BCUT2D eigenvalue weighted by Crippen LogP contribution is -2.49. The molecule has 0 atom stereocenters. The van der Waals surface area contributed by atoms with Crippen LogP contribution in [0.3, 0.4) is 0 Å². The quantitative estimate of drug-likeness (QED) is 0.885. The molecule has 0 spiro atoms. The maximum Gasteiger partial charge on any atom is 0.252 e. The van der Waals surface area contributed by atoms with Gasteiger partial charge in [-0.3, -0.25) is 9.69 Å². The van der Waals surface area contributed by atoms with E-state index in [2.05, 4.69) is 9.88 Å². The molecule has 1 fully saturated rings. The molecule has 24 heavy (non-hydrogen) atoms. The van der Waals surface area contributed by atoms with Crippen LogP contribution in [0.1, 0.15) is 18.9 Å². The fraction of sp³-hybridized carbons (Fsp3) is 0.471. The Hall–Kier alpha value is -1.70. The number of hydrogen-bond acceptors (Lipinski definition) is 4.